The van der Waals surface area contributed by atoms with Crippen molar-refractivity contribution in [2.75, 3.05) is 5.73 Å². The minimum Gasteiger partial charge on any atom is -0.408 e. The van der Waals surface area contributed by atoms with Gasteiger partial charge in [0, 0.05) is 22.7 Å². The number of hydrogen-bond acceptors (Lipinski definition) is 6. The van der Waals surface area contributed by atoms with Crippen molar-refractivity contribution in [3.63, 3.8) is 0 Å². The van der Waals surface area contributed by atoms with Crippen molar-refractivity contribution in [3.05, 3.63) is 33.2 Å². The average molecular weight is 307 g/mol. The first-order valence-corrected chi connectivity index (χ1v) is 7.04. The van der Waals surface area contributed by atoms with E-state index in [9.17, 15) is 9.59 Å². The second-order valence-electron chi connectivity index (χ2n) is 4.78. The Morgan fingerprint density at radius 1 is 1.38 bits per heavy atom. The van der Waals surface area contributed by atoms with Gasteiger partial charge in [-0.15, -0.1) is 5.10 Å². The highest BCUT2D eigenvalue weighted by Crippen LogP contribution is 2.33. The first kappa shape index (κ1) is 13.6. The Balaban J connectivity index is 2.07. The van der Waals surface area contributed by atoms with Gasteiger partial charge in [-0.05, 0) is 31.7 Å². The number of oxazole rings is 1. The van der Waals surface area contributed by atoms with Crippen molar-refractivity contribution in [2.45, 2.75) is 29.9 Å². The smallest absolute Gasteiger partial charge is 0.408 e. The molecule has 0 saturated heterocycles. The summed E-state index contributed by atoms with van der Waals surface area (Å²) in [6, 6.07) is 3.24. The van der Waals surface area contributed by atoms with Crippen LogP contribution in [0.5, 0.6) is 0 Å². The van der Waals surface area contributed by atoms with E-state index in [0.717, 1.165) is 0 Å². The highest BCUT2D eigenvalue weighted by Gasteiger charge is 2.15. The number of aromatic amines is 2. The predicted molar refractivity (Wildman–Crippen MR) is 78.6 cm³/mol. The molecule has 2 heterocycles. The van der Waals surface area contributed by atoms with Crippen LogP contribution in [0.4, 0.5) is 5.69 Å². The summed E-state index contributed by atoms with van der Waals surface area (Å²) in [4.78, 5) is 26.1. The van der Waals surface area contributed by atoms with Crippen molar-refractivity contribution >= 4 is 28.5 Å². The third kappa shape index (κ3) is 2.35. The van der Waals surface area contributed by atoms with Crippen LogP contribution in [-0.2, 0) is 0 Å². The first-order chi connectivity index (χ1) is 9.95. The molecule has 9 heteroatoms. The molecule has 0 saturated carbocycles. The fourth-order valence-electron chi connectivity index (χ4n) is 2.00. The molecule has 0 unspecified atom stereocenters. The number of benzene rings is 1. The van der Waals surface area contributed by atoms with E-state index in [1.54, 1.807) is 12.1 Å². The monoisotopic (exact) mass is 307 g/mol. The highest BCUT2D eigenvalue weighted by atomic mass is 32.2. The van der Waals surface area contributed by atoms with Gasteiger partial charge in [0.1, 0.15) is 0 Å². The van der Waals surface area contributed by atoms with Crippen LogP contribution in [0.2, 0.25) is 0 Å². The average Bonchev–Trinajstić information content (AvgIpc) is 2.92. The van der Waals surface area contributed by atoms with Gasteiger partial charge in [-0.25, -0.2) is 14.7 Å². The van der Waals surface area contributed by atoms with E-state index in [-0.39, 0.29) is 11.7 Å². The summed E-state index contributed by atoms with van der Waals surface area (Å²) < 4.78 is 6.48. The number of H-pyrrole nitrogens is 2. The summed E-state index contributed by atoms with van der Waals surface area (Å²) in [5.74, 6) is -0.537. The quantitative estimate of drug-likeness (QED) is 0.627. The van der Waals surface area contributed by atoms with E-state index in [1.807, 2.05) is 13.8 Å². The number of aromatic nitrogens is 4. The molecule has 0 bridgehead atoms. The maximum absolute atomic E-state index is 11.7. The van der Waals surface area contributed by atoms with E-state index in [1.165, 1.54) is 16.3 Å². The van der Waals surface area contributed by atoms with E-state index in [2.05, 4.69) is 15.2 Å². The molecule has 3 aromatic rings. The molecule has 1 aromatic carbocycles. The van der Waals surface area contributed by atoms with Crippen molar-refractivity contribution in [1.82, 2.24) is 19.7 Å². The summed E-state index contributed by atoms with van der Waals surface area (Å²) in [7, 11) is 0. The molecule has 0 aliphatic heterocycles. The topological polar surface area (TPSA) is 123 Å². The van der Waals surface area contributed by atoms with Crippen LogP contribution >= 0.6 is 11.8 Å². The van der Waals surface area contributed by atoms with E-state index in [4.69, 9.17) is 10.2 Å². The summed E-state index contributed by atoms with van der Waals surface area (Å²) in [6.45, 7) is 3.78. The number of hydrogen-bond donors (Lipinski definition) is 3. The summed E-state index contributed by atoms with van der Waals surface area (Å²) in [5, 5.41) is 6.92. The Labute approximate surface area is 122 Å². The standard InChI is InChI=1S/C12H13N5O3S/c1-5(2)17-10(18)15-16-11(17)21-9-4-7-8(3-6(9)13)20-12(19)14-7/h3-5H,13H2,1-2H3,(H,14,19)(H,15,18). The van der Waals surface area contributed by atoms with Crippen LogP contribution in [-0.4, -0.2) is 19.7 Å². The van der Waals surface area contributed by atoms with Gasteiger partial charge in [-0.3, -0.25) is 9.55 Å². The number of rotatable bonds is 3. The van der Waals surface area contributed by atoms with Crippen LogP contribution in [0.3, 0.4) is 0 Å². The molecule has 0 fully saturated rings. The largest absolute Gasteiger partial charge is 0.417 e. The molecule has 0 aliphatic carbocycles. The summed E-state index contributed by atoms with van der Waals surface area (Å²) in [5.41, 5.74) is 7.07. The molecular formula is C12H13N5O3S. The van der Waals surface area contributed by atoms with Gasteiger partial charge in [-0.2, -0.15) is 0 Å². The third-order valence-electron chi connectivity index (χ3n) is 2.94. The normalized spacial score (nSPS) is 11.6. The molecule has 8 nitrogen and oxygen atoms in total. The molecule has 4 N–H and O–H groups in total. The number of fused-ring (bicyclic) bond motifs is 1. The van der Waals surface area contributed by atoms with Crippen LogP contribution in [0.1, 0.15) is 19.9 Å². The van der Waals surface area contributed by atoms with Crippen molar-refractivity contribution in [2.24, 2.45) is 0 Å². The fraction of sp³-hybridized carbons (Fsp3) is 0.250. The lowest BCUT2D eigenvalue weighted by Gasteiger charge is -2.09. The molecule has 0 amide bonds. The van der Waals surface area contributed by atoms with Gasteiger partial charge in [0.05, 0.1) is 5.52 Å². The predicted octanol–water partition coefficient (Wildman–Crippen LogP) is 1.32. The zero-order chi connectivity index (χ0) is 15.1. The Morgan fingerprint density at radius 2 is 2.14 bits per heavy atom. The zero-order valence-corrected chi connectivity index (χ0v) is 12.2. The summed E-state index contributed by atoms with van der Waals surface area (Å²) in [6.07, 6.45) is 0. The Bertz CT molecular complexity index is 917. The van der Waals surface area contributed by atoms with Crippen LogP contribution in [0.25, 0.3) is 11.1 Å². The number of nitrogens with two attached hydrogens (primary N) is 1. The SMILES string of the molecule is CC(C)n1c(Sc2cc3[nH]c(=O)oc3cc2N)n[nH]c1=O. The van der Waals surface area contributed by atoms with Crippen LogP contribution < -0.4 is 17.2 Å². The van der Waals surface area contributed by atoms with Gasteiger partial charge >= 0.3 is 11.4 Å². The number of nitrogens with one attached hydrogen (secondary N) is 2. The van der Waals surface area contributed by atoms with Gasteiger partial charge in [0.2, 0.25) is 0 Å². The van der Waals surface area contributed by atoms with Gasteiger partial charge in [0.15, 0.2) is 10.7 Å². The molecular weight excluding hydrogens is 294 g/mol. The molecule has 0 radical (unpaired) electrons. The third-order valence-corrected chi connectivity index (χ3v) is 3.99. The van der Waals surface area contributed by atoms with E-state index < -0.39 is 5.76 Å². The Hall–Kier alpha value is -2.42. The van der Waals surface area contributed by atoms with E-state index in [0.29, 0.717) is 26.8 Å². The fourth-order valence-corrected chi connectivity index (χ4v) is 3.03. The van der Waals surface area contributed by atoms with Gasteiger partial charge in [0.25, 0.3) is 0 Å². The minimum absolute atomic E-state index is 0.0302. The maximum Gasteiger partial charge on any atom is 0.417 e. The molecule has 110 valence electrons. The second-order valence-corrected chi connectivity index (χ2v) is 5.79. The number of anilines is 1. The minimum atomic E-state index is -0.537. The Morgan fingerprint density at radius 3 is 2.86 bits per heavy atom. The molecule has 0 aliphatic rings. The van der Waals surface area contributed by atoms with Crippen LogP contribution in [0.15, 0.2) is 36.2 Å². The highest BCUT2D eigenvalue weighted by molar-refractivity contribution is 7.99. The van der Waals surface area contributed by atoms with Gasteiger partial charge in [-0.1, -0.05) is 0 Å². The molecule has 0 spiro atoms. The molecule has 3 rings (SSSR count). The lowest BCUT2D eigenvalue weighted by molar-refractivity contribution is 0.534. The number of nitrogens with zero attached hydrogens (tertiary/aromatic N) is 2. The Kier molecular flexibility index (Phi) is 3.13. The van der Waals surface area contributed by atoms with Crippen LogP contribution in [0, 0.1) is 0 Å². The summed E-state index contributed by atoms with van der Waals surface area (Å²) >= 11 is 1.25. The van der Waals surface area contributed by atoms with E-state index >= 15 is 0 Å². The van der Waals surface area contributed by atoms with Gasteiger partial charge < -0.3 is 10.2 Å². The van der Waals surface area contributed by atoms with Crippen molar-refractivity contribution in [1.29, 1.82) is 0 Å². The first-order valence-electron chi connectivity index (χ1n) is 6.23. The molecule has 21 heavy (non-hydrogen) atoms. The van der Waals surface area contributed by atoms with Crippen molar-refractivity contribution < 1.29 is 4.42 Å². The maximum atomic E-state index is 11.7. The second kappa shape index (κ2) is 4.85. The molecule has 0 atom stereocenters. The molecule has 2 aromatic heterocycles. The number of nitrogen functional groups attached to an aromatic ring is 1. The zero-order valence-electron chi connectivity index (χ0n) is 11.3. The lowest BCUT2D eigenvalue weighted by Crippen LogP contribution is -2.19. The lowest BCUT2D eigenvalue weighted by atomic mass is 10.3. The van der Waals surface area contributed by atoms with Crippen molar-refractivity contribution in [3.8, 4) is 0 Å².